The highest BCUT2D eigenvalue weighted by molar-refractivity contribution is 6.30. The Morgan fingerprint density at radius 2 is 1.56 bits per heavy atom. The van der Waals surface area contributed by atoms with Crippen molar-refractivity contribution in [1.82, 2.24) is 0 Å². The Kier molecular flexibility index (Phi) is 5.25. The van der Waals surface area contributed by atoms with Gasteiger partial charge in [0.2, 0.25) is 0 Å². The molecule has 0 aromatic heterocycles. The second-order valence-corrected chi connectivity index (χ2v) is 4.93. The number of nitrogens with two attached hydrogens (primary N) is 1. The summed E-state index contributed by atoms with van der Waals surface area (Å²) in [6.07, 6.45) is 2.38. The maximum Gasteiger partial charge on any atom is 0.101 e. The van der Waals surface area contributed by atoms with Gasteiger partial charge in [0.15, 0.2) is 0 Å². The van der Waals surface area contributed by atoms with Crippen LogP contribution in [0, 0.1) is 0 Å². The maximum atomic E-state index is 5.85. The molecule has 0 saturated carbocycles. The van der Waals surface area contributed by atoms with Crippen LogP contribution in [0.15, 0.2) is 54.6 Å². The summed E-state index contributed by atoms with van der Waals surface area (Å²) >= 11 is 5.85. The summed E-state index contributed by atoms with van der Waals surface area (Å²) in [5.41, 5.74) is 2.76. The summed E-state index contributed by atoms with van der Waals surface area (Å²) in [7, 11) is 0. The second kappa shape index (κ2) is 7.20. The van der Waals surface area contributed by atoms with Crippen LogP contribution in [0.25, 0.3) is 0 Å². The van der Waals surface area contributed by atoms with Crippen LogP contribution in [0.1, 0.15) is 17.5 Å². The van der Waals surface area contributed by atoms with Gasteiger partial charge in [-0.2, -0.15) is 0 Å². The number of hydrogen-bond acceptors (Lipinski definition) is 0. The van der Waals surface area contributed by atoms with Gasteiger partial charge in [0.1, 0.15) is 6.54 Å². The average Bonchev–Trinajstić information content (AvgIpc) is 2.42. The van der Waals surface area contributed by atoms with E-state index in [0.29, 0.717) is 0 Å². The fourth-order valence-electron chi connectivity index (χ4n) is 1.98. The van der Waals surface area contributed by atoms with Gasteiger partial charge in [-0.15, -0.1) is 0 Å². The molecule has 0 amide bonds. The van der Waals surface area contributed by atoms with E-state index in [4.69, 9.17) is 11.6 Å². The van der Waals surface area contributed by atoms with Crippen molar-refractivity contribution in [2.24, 2.45) is 0 Å². The quantitative estimate of drug-likeness (QED) is 0.769. The zero-order chi connectivity index (χ0) is 12.6. The van der Waals surface area contributed by atoms with E-state index in [1.807, 2.05) is 12.1 Å². The summed E-state index contributed by atoms with van der Waals surface area (Å²) in [5, 5.41) is 3.16. The smallest absolute Gasteiger partial charge is 0.101 e. The molecule has 0 heterocycles. The molecule has 1 nitrogen and oxygen atoms in total. The molecular formula is C16H19ClN+. The standard InChI is InChI=1S/C16H18ClN/c17-16-10-8-15(9-11-16)13-18-12-4-7-14-5-2-1-3-6-14/h1-3,5-6,8-11,18H,4,7,12-13H2/p+1. The molecule has 0 aliphatic rings. The molecule has 0 bridgehead atoms. The van der Waals surface area contributed by atoms with E-state index in [0.717, 1.165) is 24.5 Å². The van der Waals surface area contributed by atoms with E-state index in [9.17, 15) is 0 Å². The normalized spacial score (nSPS) is 10.5. The SMILES string of the molecule is Clc1ccc(C[NH2+]CCCc2ccccc2)cc1. The molecule has 2 aromatic carbocycles. The van der Waals surface area contributed by atoms with Crippen molar-refractivity contribution in [1.29, 1.82) is 0 Å². The largest absolute Gasteiger partial charge is 0.342 e. The minimum Gasteiger partial charge on any atom is -0.342 e. The van der Waals surface area contributed by atoms with E-state index < -0.39 is 0 Å². The van der Waals surface area contributed by atoms with Gasteiger partial charge >= 0.3 is 0 Å². The molecule has 0 fully saturated rings. The zero-order valence-electron chi connectivity index (χ0n) is 10.5. The molecule has 2 rings (SSSR count). The van der Waals surface area contributed by atoms with Gasteiger partial charge in [-0.25, -0.2) is 0 Å². The molecular weight excluding hydrogens is 242 g/mol. The minimum absolute atomic E-state index is 0.808. The van der Waals surface area contributed by atoms with E-state index in [1.54, 1.807) is 0 Å². The maximum absolute atomic E-state index is 5.85. The van der Waals surface area contributed by atoms with Crippen molar-refractivity contribution in [3.63, 3.8) is 0 Å². The van der Waals surface area contributed by atoms with Crippen LogP contribution in [-0.2, 0) is 13.0 Å². The fraction of sp³-hybridized carbons (Fsp3) is 0.250. The summed E-state index contributed by atoms with van der Waals surface area (Å²) in [6.45, 7) is 2.20. The van der Waals surface area contributed by atoms with Crippen molar-refractivity contribution < 1.29 is 5.32 Å². The third kappa shape index (κ3) is 4.52. The van der Waals surface area contributed by atoms with Gasteiger partial charge in [0, 0.05) is 17.0 Å². The lowest BCUT2D eigenvalue weighted by Crippen LogP contribution is -2.82. The third-order valence-corrected chi connectivity index (χ3v) is 3.26. The monoisotopic (exact) mass is 260 g/mol. The van der Waals surface area contributed by atoms with E-state index in [-0.39, 0.29) is 0 Å². The lowest BCUT2D eigenvalue weighted by atomic mass is 10.1. The summed E-state index contributed by atoms with van der Waals surface area (Å²) in [4.78, 5) is 0. The average molecular weight is 261 g/mol. The van der Waals surface area contributed by atoms with Crippen LogP contribution >= 0.6 is 11.6 Å². The highest BCUT2D eigenvalue weighted by Gasteiger charge is 1.97. The Balaban J connectivity index is 1.63. The first kappa shape index (κ1) is 13.1. The summed E-state index contributed by atoms with van der Waals surface area (Å²) < 4.78 is 0. The van der Waals surface area contributed by atoms with Crippen LogP contribution in [0.3, 0.4) is 0 Å². The molecule has 2 heteroatoms. The van der Waals surface area contributed by atoms with E-state index >= 15 is 0 Å². The second-order valence-electron chi connectivity index (χ2n) is 4.50. The van der Waals surface area contributed by atoms with Gasteiger partial charge in [-0.3, -0.25) is 0 Å². The number of hydrogen-bond donors (Lipinski definition) is 1. The molecule has 0 saturated heterocycles. The fourth-order valence-corrected chi connectivity index (χ4v) is 2.11. The first-order chi connectivity index (χ1) is 8.84. The Morgan fingerprint density at radius 3 is 2.28 bits per heavy atom. The van der Waals surface area contributed by atoms with Crippen LogP contribution in [-0.4, -0.2) is 6.54 Å². The molecule has 2 aromatic rings. The lowest BCUT2D eigenvalue weighted by Gasteiger charge is -2.03. The number of rotatable bonds is 6. The summed E-state index contributed by atoms with van der Waals surface area (Å²) in [5.74, 6) is 0. The first-order valence-corrected chi connectivity index (χ1v) is 6.82. The van der Waals surface area contributed by atoms with Crippen LogP contribution < -0.4 is 5.32 Å². The zero-order valence-corrected chi connectivity index (χ0v) is 11.2. The number of aryl methyl sites for hydroxylation is 1. The Morgan fingerprint density at radius 1 is 0.833 bits per heavy atom. The molecule has 0 spiro atoms. The molecule has 0 aliphatic carbocycles. The van der Waals surface area contributed by atoms with Gasteiger partial charge in [0.25, 0.3) is 0 Å². The predicted octanol–water partition coefficient (Wildman–Crippen LogP) is 3.04. The lowest BCUT2D eigenvalue weighted by molar-refractivity contribution is -0.670. The number of quaternary nitrogens is 1. The molecule has 0 atom stereocenters. The van der Waals surface area contributed by atoms with Gasteiger partial charge in [-0.05, 0) is 24.1 Å². The Labute approximate surface area is 114 Å². The van der Waals surface area contributed by atoms with Gasteiger partial charge < -0.3 is 5.32 Å². The van der Waals surface area contributed by atoms with Crippen molar-refractivity contribution in [3.05, 3.63) is 70.7 Å². The molecule has 0 unspecified atom stereocenters. The van der Waals surface area contributed by atoms with Crippen LogP contribution in [0.4, 0.5) is 0 Å². The van der Waals surface area contributed by atoms with Crippen molar-refractivity contribution in [2.75, 3.05) is 6.54 Å². The third-order valence-electron chi connectivity index (χ3n) is 3.01. The number of halogens is 1. The van der Waals surface area contributed by atoms with Crippen LogP contribution in [0.5, 0.6) is 0 Å². The molecule has 0 radical (unpaired) electrons. The topological polar surface area (TPSA) is 16.6 Å². The molecule has 18 heavy (non-hydrogen) atoms. The highest BCUT2D eigenvalue weighted by Crippen LogP contribution is 2.08. The van der Waals surface area contributed by atoms with Gasteiger partial charge in [-0.1, -0.05) is 54.1 Å². The minimum atomic E-state index is 0.808. The Hall–Kier alpha value is -1.31. The number of benzene rings is 2. The predicted molar refractivity (Wildman–Crippen MR) is 76.7 cm³/mol. The van der Waals surface area contributed by atoms with E-state index in [1.165, 1.54) is 17.5 Å². The molecule has 0 aliphatic heterocycles. The van der Waals surface area contributed by atoms with Crippen molar-refractivity contribution >= 4 is 11.6 Å². The van der Waals surface area contributed by atoms with Crippen molar-refractivity contribution in [3.8, 4) is 0 Å². The first-order valence-electron chi connectivity index (χ1n) is 6.44. The summed E-state index contributed by atoms with van der Waals surface area (Å²) in [6, 6.07) is 18.8. The van der Waals surface area contributed by atoms with Crippen molar-refractivity contribution in [2.45, 2.75) is 19.4 Å². The molecule has 94 valence electrons. The van der Waals surface area contributed by atoms with Gasteiger partial charge in [0.05, 0.1) is 6.54 Å². The Bertz CT molecular complexity index is 450. The highest BCUT2D eigenvalue weighted by atomic mass is 35.5. The van der Waals surface area contributed by atoms with E-state index in [2.05, 4.69) is 47.8 Å². The van der Waals surface area contributed by atoms with Crippen LogP contribution in [0.2, 0.25) is 5.02 Å². The molecule has 2 N–H and O–H groups in total.